The molecule has 2 aliphatic heterocycles. The van der Waals surface area contributed by atoms with Crippen LogP contribution in [0.5, 0.6) is 11.5 Å². The summed E-state index contributed by atoms with van der Waals surface area (Å²) in [6, 6.07) is 33.6. The van der Waals surface area contributed by atoms with Gasteiger partial charge in [0, 0.05) is 71.6 Å². The second-order valence-corrected chi connectivity index (χ2v) is 14.2. The summed E-state index contributed by atoms with van der Waals surface area (Å²) >= 11 is 12.9. The molecule has 50 heavy (non-hydrogen) atoms. The Morgan fingerprint density at radius 3 is 1.30 bits per heavy atom. The minimum absolute atomic E-state index is 0.461. The molecule has 0 amide bonds. The van der Waals surface area contributed by atoms with Gasteiger partial charge in [-0.25, -0.2) is 0 Å². The summed E-state index contributed by atoms with van der Waals surface area (Å²) in [4.78, 5) is 4.97. The van der Waals surface area contributed by atoms with Crippen molar-refractivity contribution in [2.45, 2.75) is 38.8 Å². The van der Waals surface area contributed by atoms with Gasteiger partial charge >= 0.3 is 0 Å². The fraction of sp³-hybridized carbons (Fsp3) is 0.286. The number of nitrogens with zero attached hydrogens (tertiary/aromatic N) is 4. The maximum absolute atomic E-state index is 6.45. The van der Waals surface area contributed by atoms with E-state index >= 15 is 0 Å². The molecule has 2 aromatic heterocycles. The Morgan fingerprint density at radius 1 is 0.500 bits per heavy atom. The van der Waals surface area contributed by atoms with E-state index in [1.807, 2.05) is 36.4 Å². The van der Waals surface area contributed by atoms with Gasteiger partial charge in [-0.2, -0.15) is 9.13 Å². The fourth-order valence-electron chi connectivity index (χ4n) is 7.42. The van der Waals surface area contributed by atoms with E-state index in [-0.39, 0.29) is 0 Å². The van der Waals surface area contributed by atoms with E-state index < -0.39 is 0 Å². The maximum Gasteiger partial charge on any atom is 0.216 e. The average molecular weight is 706 g/mol. The van der Waals surface area contributed by atoms with Gasteiger partial charge in [0.2, 0.25) is 11.0 Å². The summed E-state index contributed by atoms with van der Waals surface area (Å²) in [5.41, 5.74) is 7.29. The zero-order valence-corrected chi connectivity index (χ0v) is 29.8. The first-order valence-corrected chi connectivity index (χ1v) is 18.5. The Morgan fingerprint density at radius 2 is 0.900 bits per heavy atom. The maximum atomic E-state index is 6.45. The quantitative estimate of drug-likeness (QED) is 0.0999. The van der Waals surface area contributed by atoms with E-state index in [0.717, 1.165) is 71.8 Å². The van der Waals surface area contributed by atoms with Gasteiger partial charge in [-0.15, -0.1) is 0 Å². The highest BCUT2D eigenvalue weighted by Gasteiger charge is 2.22. The van der Waals surface area contributed by atoms with Gasteiger partial charge in [0.1, 0.15) is 24.7 Å². The van der Waals surface area contributed by atoms with Crippen LogP contribution in [0.3, 0.4) is 0 Å². The Bertz CT molecular complexity index is 1960. The Balaban J connectivity index is 0.853. The molecule has 0 saturated carbocycles. The third kappa shape index (κ3) is 7.19. The molecule has 8 rings (SSSR count). The second kappa shape index (κ2) is 14.8. The predicted molar refractivity (Wildman–Crippen MR) is 203 cm³/mol. The number of ether oxygens (including phenoxy) is 2. The molecule has 0 atom stereocenters. The van der Waals surface area contributed by atoms with Gasteiger partial charge in [-0.1, -0.05) is 23.2 Å². The molecule has 8 heteroatoms. The van der Waals surface area contributed by atoms with Gasteiger partial charge in [0.25, 0.3) is 0 Å². The molecular formula is C42H42Cl2N4O2+2. The first-order chi connectivity index (χ1) is 24.6. The topological polar surface area (TPSA) is 32.7 Å². The normalized spacial score (nSPS) is 14.6. The molecule has 6 nitrogen and oxygen atoms in total. The van der Waals surface area contributed by atoms with E-state index in [1.165, 1.54) is 59.0 Å². The van der Waals surface area contributed by atoms with Crippen molar-refractivity contribution < 1.29 is 18.6 Å². The zero-order chi connectivity index (χ0) is 33.9. The van der Waals surface area contributed by atoms with Crippen molar-refractivity contribution in [3.8, 4) is 11.5 Å². The summed E-state index contributed by atoms with van der Waals surface area (Å²) < 4.78 is 16.6. The van der Waals surface area contributed by atoms with Crippen molar-refractivity contribution in [3.63, 3.8) is 0 Å². The third-order valence-corrected chi connectivity index (χ3v) is 10.5. The molecule has 6 aromatic rings. The number of hydrogen-bond acceptors (Lipinski definition) is 4. The van der Waals surface area contributed by atoms with Gasteiger partial charge in [0.05, 0.1) is 22.1 Å². The number of halogens is 2. The molecule has 0 N–H and O–H groups in total. The smallest absolute Gasteiger partial charge is 0.216 e. The van der Waals surface area contributed by atoms with E-state index in [0.29, 0.717) is 13.2 Å². The van der Waals surface area contributed by atoms with Crippen molar-refractivity contribution in [1.29, 1.82) is 0 Å². The van der Waals surface area contributed by atoms with Crippen LogP contribution in [0.1, 0.15) is 36.8 Å². The highest BCUT2D eigenvalue weighted by molar-refractivity contribution is 6.31. The van der Waals surface area contributed by atoms with Crippen molar-refractivity contribution in [2.24, 2.45) is 0 Å². The molecule has 4 aromatic carbocycles. The summed E-state index contributed by atoms with van der Waals surface area (Å²) in [6.07, 6.45) is 9.37. The summed E-state index contributed by atoms with van der Waals surface area (Å²) in [5.74, 6) is 1.66. The highest BCUT2D eigenvalue weighted by Crippen LogP contribution is 2.31. The molecule has 2 saturated heterocycles. The van der Waals surface area contributed by atoms with Crippen LogP contribution >= 0.6 is 23.2 Å². The lowest BCUT2D eigenvalue weighted by molar-refractivity contribution is -0.662. The molecule has 0 aliphatic carbocycles. The van der Waals surface area contributed by atoms with Crippen LogP contribution in [0.2, 0.25) is 10.0 Å². The molecule has 0 spiro atoms. The van der Waals surface area contributed by atoms with Crippen molar-refractivity contribution in [2.75, 3.05) is 49.2 Å². The number of rotatable bonds is 11. The lowest BCUT2D eigenvalue weighted by atomic mass is 10.1. The summed E-state index contributed by atoms with van der Waals surface area (Å²) in [6.45, 7) is 6.88. The number of benzene rings is 4. The SMILES string of the molecule is Clc1ccc2c(N3CCCC3)cc[n+](Cc3ccc(OCCOc4ccc(C[n+]5ccc(N6CCCC6)c6ccc(Cl)cc65)cc4)cc3)c2c1. The Hall–Kier alpha value is -4.52. The minimum Gasteiger partial charge on any atom is -0.490 e. The molecular weight excluding hydrogens is 663 g/mol. The van der Waals surface area contributed by atoms with Crippen LogP contribution in [0, 0.1) is 0 Å². The van der Waals surface area contributed by atoms with Crippen LogP contribution in [0.25, 0.3) is 21.8 Å². The van der Waals surface area contributed by atoms with Gasteiger partial charge in [-0.05, 0) is 98.5 Å². The number of aromatic nitrogens is 2. The van der Waals surface area contributed by atoms with Gasteiger partial charge < -0.3 is 19.3 Å². The highest BCUT2D eigenvalue weighted by atomic mass is 35.5. The molecule has 4 heterocycles. The van der Waals surface area contributed by atoms with E-state index in [4.69, 9.17) is 32.7 Å². The lowest BCUT2D eigenvalue weighted by Gasteiger charge is -2.19. The fourth-order valence-corrected chi connectivity index (χ4v) is 7.75. The standard InChI is InChI=1S/C42H42Cl2N4O2/c43-33-9-15-37-39(45-19-1-2-20-45)17-23-47(41(37)27-33)29-31-5-11-35(12-6-31)49-25-26-50-36-13-7-32(8-14-36)30-48-24-18-40(46-21-3-4-22-46)38-16-10-34(44)28-42(38)48/h5-18,23-24,27-28H,1-4,19-22,25-26,29-30H2/q+2. The zero-order valence-electron chi connectivity index (χ0n) is 28.2. The van der Waals surface area contributed by atoms with Crippen LogP contribution in [-0.4, -0.2) is 39.4 Å². The predicted octanol–water partition coefficient (Wildman–Crippen LogP) is 8.63. The molecule has 2 fully saturated rings. The van der Waals surface area contributed by atoms with Gasteiger partial charge in [-0.3, -0.25) is 0 Å². The van der Waals surface area contributed by atoms with Crippen LogP contribution in [-0.2, 0) is 13.1 Å². The third-order valence-electron chi connectivity index (χ3n) is 9.98. The first-order valence-electron chi connectivity index (χ1n) is 17.7. The minimum atomic E-state index is 0.461. The van der Waals surface area contributed by atoms with E-state index in [9.17, 15) is 0 Å². The largest absolute Gasteiger partial charge is 0.490 e. The lowest BCUT2D eigenvalue weighted by Crippen LogP contribution is -2.35. The van der Waals surface area contributed by atoms with Crippen LogP contribution in [0.15, 0.2) is 109 Å². The monoisotopic (exact) mass is 704 g/mol. The summed E-state index contributed by atoms with van der Waals surface area (Å²) in [7, 11) is 0. The number of fused-ring (bicyclic) bond motifs is 2. The molecule has 2 aliphatic rings. The van der Waals surface area contributed by atoms with Crippen LogP contribution < -0.4 is 28.4 Å². The number of pyridine rings is 2. The second-order valence-electron chi connectivity index (χ2n) is 13.4. The van der Waals surface area contributed by atoms with E-state index in [2.05, 4.69) is 92.0 Å². The average Bonchev–Trinajstić information content (AvgIpc) is 3.88. The van der Waals surface area contributed by atoms with Crippen molar-refractivity contribution in [3.05, 3.63) is 131 Å². The van der Waals surface area contributed by atoms with Crippen molar-refractivity contribution in [1.82, 2.24) is 0 Å². The first kappa shape index (κ1) is 32.7. The van der Waals surface area contributed by atoms with E-state index in [1.54, 1.807) is 0 Å². The molecule has 254 valence electrons. The summed E-state index contributed by atoms with van der Waals surface area (Å²) in [5, 5.41) is 4.00. The Kier molecular flexibility index (Phi) is 9.64. The van der Waals surface area contributed by atoms with Crippen molar-refractivity contribution >= 4 is 56.4 Å². The Labute approximate surface area is 304 Å². The molecule has 0 unspecified atom stereocenters. The number of anilines is 2. The number of hydrogen-bond donors (Lipinski definition) is 0. The van der Waals surface area contributed by atoms with Crippen LogP contribution in [0.4, 0.5) is 11.4 Å². The molecule has 0 bridgehead atoms. The van der Waals surface area contributed by atoms with Gasteiger partial charge in [0.15, 0.2) is 25.5 Å². The molecule has 0 radical (unpaired) electrons.